The topological polar surface area (TPSA) is 81.4 Å². The quantitative estimate of drug-likeness (QED) is 0.615. The second kappa shape index (κ2) is 5.35. The highest BCUT2D eigenvalue weighted by Crippen LogP contribution is 2.33. The van der Waals surface area contributed by atoms with E-state index in [9.17, 15) is 8.42 Å². The Balaban J connectivity index is 2.22. The lowest BCUT2D eigenvalue weighted by Crippen LogP contribution is -2.47. The predicted octanol–water partition coefficient (Wildman–Crippen LogP) is 1.56. The Hall–Kier alpha value is -1.11. The number of nitrogens with one attached hydrogen (secondary N) is 1. The molecule has 0 heterocycles. The van der Waals surface area contributed by atoms with Crippen LogP contribution in [0.5, 0.6) is 5.75 Å². The second-order valence-electron chi connectivity index (χ2n) is 5.86. The van der Waals surface area contributed by atoms with Gasteiger partial charge in [0.25, 0.3) is 0 Å². The Labute approximate surface area is 120 Å². The Morgan fingerprint density at radius 3 is 2.25 bits per heavy atom. The number of ether oxygens (including phenoxy) is 1. The van der Waals surface area contributed by atoms with Gasteiger partial charge >= 0.3 is 0 Å². The summed E-state index contributed by atoms with van der Waals surface area (Å²) in [6.45, 7) is 3.34. The zero-order valence-corrected chi connectivity index (χ0v) is 12.9. The Morgan fingerprint density at radius 1 is 1.30 bits per heavy atom. The number of sulfone groups is 1. The maximum atomic E-state index is 11.9. The van der Waals surface area contributed by atoms with Gasteiger partial charge in [-0.3, -0.25) is 11.3 Å². The molecule has 1 aliphatic carbocycles. The van der Waals surface area contributed by atoms with Crippen LogP contribution in [0.2, 0.25) is 0 Å². The van der Waals surface area contributed by atoms with Crippen LogP contribution in [0.4, 0.5) is 0 Å². The van der Waals surface area contributed by atoms with E-state index in [2.05, 4.69) is 5.43 Å². The van der Waals surface area contributed by atoms with Crippen molar-refractivity contribution < 1.29 is 13.2 Å². The van der Waals surface area contributed by atoms with E-state index in [0.717, 1.165) is 24.2 Å². The summed E-state index contributed by atoms with van der Waals surface area (Å²) < 4.78 is 28.5. The highest BCUT2D eigenvalue weighted by Gasteiger charge is 2.39. The molecule has 1 fully saturated rings. The highest BCUT2D eigenvalue weighted by atomic mass is 32.2. The van der Waals surface area contributed by atoms with Gasteiger partial charge in [-0.15, -0.1) is 0 Å². The van der Waals surface area contributed by atoms with Crippen molar-refractivity contribution in [3.8, 4) is 5.75 Å². The van der Waals surface area contributed by atoms with Crippen LogP contribution >= 0.6 is 0 Å². The number of hydrazine groups is 1. The number of hydrogen-bond acceptors (Lipinski definition) is 5. The fourth-order valence-corrected chi connectivity index (χ4v) is 2.66. The van der Waals surface area contributed by atoms with Crippen LogP contribution in [-0.2, 0) is 9.84 Å². The zero-order chi connectivity index (χ0) is 15.0. The van der Waals surface area contributed by atoms with Crippen LogP contribution in [0.25, 0.3) is 0 Å². The van der Waals surface area contributed by atoms with Crippen molar-refractivity contribution in [3.63, 3.8) is 0 Å². The molecule has 1 aromatic carbocycles. The van der Waals surface area contributed by atoms with Gasteiger partial charge in [0, 0.05) is 6.26 Å². The van der Waals surface area contributed by atoms with Crippen molar-refractivity contribution in [2.24, 2.45) is 5.84 Å². The average Bonchev–Trinajstić information content (AvgIpc) is 3.14. The van der Waals surface area contributed by atoms with E-state index in [1.54, 1.807) is 13.8 Å². The molecule has 0 amide bonds. The second-order valence-corrected chi connectivity index (χ2v) is 8.46. The third kappa shape index (κ3) is 3.13. The molecule has 1 aliphatic rings. The minimum atomic E-state index is -3.25. The number of rotatable bonds is 6. The smallest absolute Gasteiger partial charge is 0.154 e. The summed E-state index contributed by atoms with van der Waals surface area (Å²) in [5.41, 5.74) is 3.44. The molecule has 5 nitrogen and oxygen atoms in total. The van der Waals surface area contributed by atoms with Crippen LogP contribution in [0.1, 0.15) is 38.3 Å². The number of nitrogens with two attached hydrogens (primary N) is 1. The summed E-state index contributed by atoms with van der Waals surface area (Å²) in [5, 5.41) is 0. The molecule has 0 radical (unpaired) electrons. The van der Waals surface area contributed by atoms with Gasteiger partial charge in [-0.05, 0) is 44.4 Å². The molecule has 6 heteroatoms. The lowest BCUT2D eigenvalue weighted by atomic mass is 9.96. The summed E-state index contributed by atoms with van der Waals surface area (Å²) in [5.74, 6) is 6.38. The summed E-state index contributed by atoms with van der Waals surface area (Å²) in [6.07, 6.45) is 3.78. The Morgan fingerprint density at radius 2 is 1.85 bits per heavy atom. The SMILES string of the molecule is CC(C)(C(NN)c1ccc(OC2CC2)cc1)S(C)(=O)=O. The van der Waals surface area contributed by atoms with E-state index in [-0.39, 0.29) is 0 Å². The lowest BCUT2D eigenvalue weighted by Gasteiger charge is -2.32. The average molecular weight is 298 g/mol. The summed E-state index contributed by atoms with van der Waals surface area (Å²) in [7, 11) is -3.25. The van der Waals surface area contributed by atoms with Gasteiger partial charge in [0.15, 0.2) is 9.84 Å². The van der Waals surface area contributed by atoms with Crippen molar-refractivity contribution in [1.82, 2.24) is 5.43 Å². The molecule has 2 rings (SSSR count). The van der Waals surface area contributed by atoms with Crippen molar-refractivity contribution >= 4 is 9.84 Å². The molecule has 0 bridgehead atoms. The lowest BCUT2D eigenvalue weighted by molar-refractivity contribution is 0.303. The van der Waals surface area contributed by atoms with Crippen LogP contribution in [0.3, 0.4) is 0 Å². The Bertz CT molecular complexity index is 563. The van der Waals surface area contributed by atoms with E-state index < -0.39 is 20.6 Å². The third-order valence-electron chi connectivity index (χ3n) is 3.86. The van der Waals surface area contributed by atoms with Crippen LogP contribution in [0, 0.1) is 0 Å². The molecule has 0 aromatic heterocycles. The fourth-order valence-electron chi connectivity index (χ4n) is 2.03. The highest BCUT2D eigenvalue weighted by molar-refractivity contribution is 7.92. The minimum absolute atomic E-state index is 0.344. The molecule has 0 saturated heterocycles. The van der Waals surface area contributed by atoms with Gasteiger partial charge in [0.05, 0.1) is 16.9 Å². The predicted molar refractivity (Wildman–Crippen MR) is 79.1 cm³/mol. The largest absolute Gasteiger partial charge is 0.490 e. The molecule has 1 atom stereocenters. The first kappa shape index (κ1) is 15.3. The molecule has 20 heavy (non-hydrogen) atoms. The van der Waals surface area contributed by atoms with Gasteiger partial charge in [0.2, 0.25) is 0 Å². The zero-order valence-electron chi connectivity index (χ0n) is 12.1. The molecule has 1 saturated carbocycles. The maximum absolute atomic E-state index is 11.9. The number of benzene rings is 1. The van der Waals surface area contributed by atoms with Crippen LogP contribution in [-0.4, -0.2) is 25.5 Å². The van der Waals surface area contributed by atoms with Crippen LogP contribution in [0.15, 0.2) is 24.3 Å². The van der Waals surface area contributed by atoms with Crippen LogP contribution < -0.4 is 16.0 Å². The van der Waals surface area contributed by atoms with Crippen molar-refractivity contribution in [3.05, 3.63) is 29.8 Å². The van der Waals surface area contributed by atoms with Gasteiger partial charge in [-0.2, -0.15) is 0 Å². The molecule has 112 valence electrons. The summed E-state index contributed by atoms with van der Waals surface area (Å²) >= 11 is 0. The molecule has 3 N–H and O–H groups in total. The van der Waals surface area contributed by atoms with Gasteiger partial charge < -0.3 is 4.74 Å². The number of hydrogen-bond donors (Lipinski definition) is 2. The molecule has 0 aliphatic heterocycles. The third-order valence-corrected chi connectivity index (χ3v) is 6.01. The molecular weight excluding hydrogens is 276 g/mol. The molecule has 1 unspecified atom stereocenters. The first-order chi connectivity index (χ1) is 9.25. The van der Waals surface area contributed by atoms with E-state index in [1.807, 2.05) is 24.3 Å². The summed E-state index contributed by atoms with van der Waals surface area (Å²) in [6, 6.07) is 6.95. The molecular formula is C14H22N2O3S. The van der Waals surface area contributed by atoms with E-state index in [4.69, 9.17) is 10.6 Å². The summed E-state index contributed by atoms with van der Waals surface area (Å²) in [4.78, 5) is 0. The Kier molecular flexibility index (Phi) is 4.09. The monoisotopic (exact) mass is 298 g/mol. The van der Waals surface area contributed by atoms with Crippen molar-refractivity contribution in [2.75, 3.05) is 6.26 Å². The van der Waals surface area contributed by atoms with E-state index in [0.29, 0.717) is 6.10 Å². The first-order valence-corrected chi connectivity index (χ1v) is 8.57. The normalized spacial score (nSPS) is 17.8. The van der Waals surface area contributed by atoms with E-state index in [1.165, 1.54) is 6.26 Å². The van der Waals surface area contributed by atoms with Gasteiger partial charge in [-0.25, -0.2) is 8.42 Å². The van der Waals surface area contributed by atoms with E-state index >= 15 is 0 Å². The first-order valence-electron chi connectivity index (χ1n) is 6.68. The molecule has 1 aromatic rings. The molecule has 0 spiro atoms. The fraction of sp³-hybridized carbons (Fsp3) is 0.571. The van der Waals surface area contributed by atoms with Gasteiger partial charge in [0.1, 0.15) is 5.75 Å². The minimum Gasteiger partial charge on any atom is -0.490 e. The standard InChI is InChI=1S/C14H22N2O3S/c1-14(2,20(3,17)18)13(16-15)10-4-6-11(7-5-10)19-12-8-9-12/h4-7,12-13,16H,8-9,15H2,1-3H3. The van der Waals surface area contributed by atoms with Gasteiger partial charge in [-0.1, -0.05) is 12.1 Å². The maximum Gasteiger partial charge on any atom is 0.154 e. The van der Waals surface area contributed by atoms with Crippen molar-refractivity contribution in [2.45, 2.75) is 43.6 Å². The van der Waals surface area contributed by atoms with Crippen molar-refractivity contribution in [1.29, 1.82) is 0 Å².